The Hall–Kier alpha value is -3.32. The number of hydrogen-bond donors (Lipinski definition) is 1. The fourth-order valence-corrected chi connectivity index (χ4v) is 3.95. The standard InChI is InChI=1S/C22H22N6O/c1-15-19(20-24-21(26-29-20)22(23)13-5-6-14-22)25-27-28(15)18-11-9-17(10-12-18)16-7-3-2-4-8-16/h2-4,7-12H,5-6,13-14,23H2,1H3. The molecule has 0 aliphatic heterocycles. The van der Waals surface area contributed by atoms with Gasteiger partial charge in [0.1, 0.15) is 0 Å². The summed E-state index contributed by atoms with van der Waals surface area (Å²) in [6.07, 6.45) is 3.94. The molecule has 0 spiro atoms. The lowest BCUT2D eigenvalue weighted by Crippen LogP contribution is -2.34. The molecule has 5 rings (SSSR count). The van der Waals surface area contributed by atoms with Gasteiger partial charge in [-0.25, -0.2) is 4.68 Å². The topological polar surface area (TPSA) is 95.7 Å². The van der Waals surface area contributed by atoms with Gasteiger partial charge >= 0.3 is 0 Å². The van der Waals surface area contributed by atoms with E-state index in [1.165, 1.54) is 5.56 Å². The summed E-state index contributed by atoms with van der Waals surface area (Å²) in [5.41, 5.74) is 10.6. The molecule has 0 saturated heterocycles. The summed E-state index contributed by atoms with van der Waals surface area (Å²) in [5, 5.41) is 12.7. The van der Waals surface area contributed by atoms with Crippen molar-refractivity contribution < 1.29 is 4.52 Å². The van der Waals surface area contributed by atoms with Crippen LogP contribution in [0.3, 0.4) is 0 Å². The van der Waals surface area contributed by atoms with Crippen LogP contribution in [0.15, 0.2) is 59.1 Å². The highest BCUT2D eigenvalue weighted by atomic mass is 16.5. The van der Waals surface area contributed by atoms with E-state index in [0.29, 0.717) is 17.4 Å². The number of aromatic nitrogens is 5. The Labute approximate surface area is 168 Å². The van der Waals surface area contributed by atoms with Gasteiger partial charge in [0.25, 0.3) is 5.89 Å². The van der Waals surface area contributed by atoms with E-state index in [-0.39, 0.29) is 0 Å². The van der Waals surface area contributed by atoms with Crippen LogP contribution in [0, 0.1) is 6.92 Å². The van der Waals surface area contributed by atoms with Crippen molar-refractivity contribution in [2.75, 3.05) is 0 Å². The second-order valence-electron chi connectivity index (χ2n) is 7.63. The van der Waals surface area contributed by atoms with Crippen LogP contribution < -0.4 is 5.73 Å². The summed E-state index contributed by atoms with van der Waals surface area (Å²) >= 11 is 0. The molecule has 0 radical (unpaired) electrons. The van der Waals surface area contributed by atoms with Crippen LogP contribution in [0.1, 0.15) is 37.2 Å². The van der Waals surface area contributed by atoms with E-state index in [9.17, 15) is 0 Å². The third kappa shape index (κ3) is 3.13. The monoisotopic (exact) mass is 386 g/mol. The van der Waals surface area contributed by atoms with Crippen molar-refractivity contribution in [2.45, 2.75) is 38.1 Å². The average molecular weight is 386 g/mol. The highest BCUT2D eigenvalue weighted by molar-refractivity contribution is 5.64. The third-order valence-corrected chi connectivity index (χ3v) is 5.68. The van der Waals surface area contributed by atoms with Gasteiger partial charge < -0.3 is 10.3 Å². The molecule has 7 heteroatoms. The van der Waals surface area contributed by atoms with Crippen molar-refractivity contribution in [1.29, 1.82) is 0 Å². The lowest BCUT2D eigenvalue weighted by molar-refractivity contribution is 0.372. The largest absolute Gasteiger partial charge is 0.332 e. The highest BCUT2D eigenvalue weighted by Gasteiger charge is 2.36. The van der Waals surface area contributed by atoms with Crippen LogP contribution >= 0.6 is 0 Å². The highest BCUT2D eigenvalue weighted by Crippen LogP contribution is 2.35. The minimum Gasteiger partial charge on any atom is -0.332 e. The smallest absolute Gasteiger partial charge is 0.280 e. The van der Waals surface area contributed by atoms with Crippen molar-refractivity contribution >= 4 is 0 Å². The van der Waals surface area contributed by atoms with Gasteiger partial charge in [0.15, 0.2) is 11.5 Å². The first-order valence-electron chi connectivity index (χ1n) is 9.86. The zero-order valence-corrected chi connectivity index (χ0v) is 16.2. The number of hydrogen-bond acceptors (Lipinski definition) is 6. The molecule has 0 atom stereocenters. The predicted molar refractivity (Wildman–Crippen MR) is 109 cm³/mol. The van der Waals surface area contributed by atoms with Gasteiger partial charge in [-0.05, 0) is 43.0 Å². The van der Waals surface area contributed by atoms with Crippen molar-refractivity contribution in [3.63, 3.8) is 0 Å². The Kier molecular flexibility index (Phi) is 4.24. The van der Waals surface area contributed by atoms with Crippen LogP contribution in [0.2, 0.25) is 0 Å². The summed E-state index contributed by atoms with van der Waals surface area (Å²) in [7, 11) is 0. The lowest BCUT2D eigenvalue weighted by Gasteiger charge is -2.17. The van der Waals surface area contributed by atoms with E-state index < -0.39 is 5.54 Å². The molecule has 0 unspecified atom stereocenters. The summed E-state index contributed by atoms with van der Waals surface area (Å²) in [6.45, 7) is 1.94. The van der Waals surface area contributed by atoms with E-state index >= 15 is 0 Å². The molecule has 1 aliphatic rings. The zero-order valence-electron chi connectivity index (χ0n) is 16.2. The predicted octanol–water partition coefficient (Wildman–Crippen LogP) is 4.02. The minimum absolute atomic E-state index is 0.362. The zero-order chi connectivity index (χ0) is 19.8. The summed E-state index contributed by atoms with van der Waals surface area (Å²) < 4.78 is 7.26. The van der Waals surface area contributed by atoms with Gasteiger partial charge in [-0.2, -0.15) is 4.98 Å². The molecule has 2 aromatic heterocycles. The van der Waals surface area contributed by atoms with E-state index in [1.807, 2.05) is 37.3 Å². The van der Waals surface area contributed by atoms with Gasteiger partial charge in [0.05, 0.1) is 16.9 Å². The van der Waals surface area contributed by atoms with Gasteiger partial charge in [-0.3, -0.25) is 0 Å². The molecule has 29 heavy (non-hydrogen) atoms. The first-order valence-corrected chi connectivity index (χ1v) is 9.86. The molecule has 2 heterocycles. The van der Waals surface area contributed by atoms with Gasteiger partial charge in [0, 0.05) is 0 Å². The fraction of sp³-hybridized carbons (Fsp3) is 0.273. The van der Waals surface area contributed by atoms with Gasteiger partial charge in [-0.1, -0.05) is 65.7 Å². The number of nitrogens with two attached hydrogens (primary N) is 1. The Morgan fingerprint density at radius 1 is 0.966 bits per heavy atom. The molecule has 0 amide bonds. The van der Waals surface area contributed by atoms with E-state index in [1.54, 1.807) is 4.68 Å². The second-order valence-corrected chi connectivity index (χ2v) is 7.63. The van der Waals surface area contributed by atoms with Crippen molar-refractivity contribution in [1.82, 2.24) is 25.1 Å². The molecule has 2 aromatic carbocycles. The molecule has 7 nitrogen and oxygen atoms in total. The summed E-state index contributed by atoms with van der Waals surface area (Å²) in [6, 6.07) is 18.5. The number of rotatable bonds is 4. The van der Waals surface area contributed by atoms with Crippen LogP contribution in [0.25, 0.3) is 28.4 Å². The maximum Gasteiger partial charge on any atom is 0.280 e. The maximum absolute atomic E-state index is 6.44. The molecule has 1 saturated carbocycles. The molecule has 2 N–H and O–H groups in total. The quantitative estimate of drug-likeness (QED) is 0.569. The van der Waals surface area contributed by atoms with E-state index in [0.717, 1.165) is 42.6 Å². The maximum atomic E-state index is 6.44. The molecule has 4 aromatic rings. The molecule has 1 aliphatic carbocycles. The van der Waals surface area contributed by atoms with Crippen LogP contribution in [0.4, 0.5) is 0 Å². The van der Waals surface area contributed by atoms with Crippen LogP contribution in [0.5, 0.6) is 0 Å². The molecule has 1 fully saturated rings. The molecular formula is C22H22N6O. The molecular weight excluding hydrogens is 364 g/mol. The van der Waals surface area contributed by atoms with Crippen molar-refractivity contribution in [3.05, 3.63) is 66.1 Å². The minimum atomic E-state index is -0.487. The van der Waals surface area contributed by atoms with Crippen LogP contribution in [-0.2, 0) is 5.54 Å². The first-order chi connectivity index (χ1) is 14.1. The summed E-state index contributed by atoms with van der Waals surface area (Å²) in [4.78, 5) is 4.54. The number of benzene rings is 2. The third-order valence-electron chi connectivity index (χ3n) is 5.68. The number of nitrogens with zero attached hydrogens (tertiary/aromatic N) is 5. The summed E-state index contributed by atoms with van der Waals surface area (Å²) in [5.74, 6) is 0.924. The van der Waals surface area contributed by atoms with Crippen molar-refractivity contribution in [3.8, 4) is 28.4 Å². The first kappa shape index (κ1) is 17.8. The van der Waals surface area contributed by atoms with E-state index in [4.69, 9.17) is 10.3 Å². The molecule has 0 bridgehead atoms. The SMILES string of the molecule is Cc1c(-c2nc(C3(N)CCCC3)no2)nnn1-c1ccc(-c2ccccc2)cc1. The Morgan fingerprint density at radius 3 is 2.38 bits per heavy atom. The normalized spacial score (nSPS) is 15.7. The Balaban J connectivity index is 1.44. The van der Waals surface area contributed by atoms with Gasteiger partial charge in [-0.15, -0.1) is 5.10 Å². The molecule has 146 valence electrons. The van der Waals surface area contributed by atoms with Crippen molar-refractivity contribution in [2.24, 2.45) is 5.73 Å². The van der Waals surface area contributed by atoms with Crippen LogP contribution in [-0.4, -0.2) is 25.1 Å². The fourth-order valence-electron chi connectivity index (χ4n) is 3.95. The average Bonchev–Trinajstić information content (AvgIpc) is 3.49. The Bertz CT molecular complexity index is 1120. The lowest BCUT2D eigenvalue weighted by atomic mass is 9.99. The second kappa shape index (κ2) is 6.93. The van der Waals surface area contributed by atoms with Gasteiger partial charge in [0.2, 0.25) is 0 Å². The Morgan fingerprint density at radius 2 is 1.66 bits per heavy atom. The van der Waals surface area contributed by atoms with E-state index in [2.05, 4.69) is 44.7 Å².